The van der Waals surface area contributed by atoms with Crippen LogP contribution in [0.1, 0.15) is 11.1 Å². The fourth-order valence-corrected chi connectivity index (χ4v) is 2.32. The molecule has 0 unspecified atom stereocenters. The predicted octanol–water partition coefficient (Wildman–Crippen LogP) is 4.28. The van der Waals surface area contributed by atoms with E-state index >= 15 is 0 Å². The van der Waals surface area contributed by atoms with Gasteiger partial charge in [0.25, 0.3) is 0 Å². The Labute approximate surface area is 127 Å². The summed E-state index contributed by atoms with van der Waals surface area (Å²) in [5.74, 6) is -1.20. The van der Waals surface area contributed by atoms with E-state index in [1.165, 1.54) is 12.1 Å². The third-order valence-corrected chi connectivity index (χ3v) is 3.43. The molecule has 0 aliphatic rings. The molecule has 112 valence electrons. The van der Waals surface area contributed by atoms with Gasteiger partial charge in [-0.05, 0) is 25.1 Å². The van der Waals surface area contributed by atoms with E-state index in [4.69, 9.17) is 0 Å². The van der Waals surface area contributed by atoms with Crippen LogP contribution >= 0.6 is 0 Å². The van der Waals surface area contributed by atoms with Gasteiger partial charge < -0.3 is 5.32 Å². The molecule has 3 aromatic rings. The van der Waals surface area contributed by atoms with Crippen molar-refractivity contribution < 1.29 is 8.78 Å². The summed E-state index contributed by atoms with van der Waals surface area (Å²) in [7, 11) is 0. The van der Waals surface area contributed by atoms with Gasteiger partial charge in [0.2, 0.25) is 0 Å². The van der Waals surface area contributed by atoms with E-state index in [-0.39, 0.29) is 5.69 Å². The van der Waals surface area contributed by atoms with Crippen molar-refractivity contribution in [2.45, 2.75) is 13.5 Å². The summed E-state index contributed by atoms with van der Waals surface area (Å²) in [5.41, 5.74) is 4.23. The molecule has 0 atom stereocenters. The lowest BCUT2D eigenvalue weighted by atomic mass is 10.1. The average molecular weight is 299 g/mol. The van der Waals surface area contributed by atoms with E-state index in [2.05, 4.69) is 21.6 Å². The summed E-state index contributed by atoms with van der Waals surface area (Å²) >= 11 is 0. The van der Waals surface area contributed by atoms with Crippen LogP contribution in [0.5, 0.6) is 0 Å². The molecule has 1 heterocycles. The van der Waals surface area contributed by atoms with Crippen molar-refractivity contribution in [1.29, 1.82) is 0 Å². The van der Waals surface area contributed by atoms with E-state index in [0.717, 1.165) is 28.5 Å². The molecule has 3 nitrogen and oxygen atoms in total. The number of hydrogen-bond acceptors (Lipinski definition) is 2. The Hall–Kier alpha value is -2.69. The second kappa shape index (κ2) is 5.97. The van der Waals surface area contributed by atoms with E-state index in [0.29, 0.717) is 6.54 Å². The molecule has 0 saturated heterocycles. The third-order valence-electron chi connectivity index (χ3n) is 3.43. The first-order chi connectivity index (χ1) is 10.6. The number of benzene rings is 2. The Morgan fingerprint density at radius 3 is 2.77 bits per heavy atom. The van der Waals surface area contributed by atoms with Crippen molar-refractivity contribution >= 4 is 5.69 Å². The summed E-state index contributed by atoms with van der Waals surface area (Å²) in [4.78, 5) is 0. The zero-order chi connectivity index (χ0) is 15.5. The number of nitrogens with zero attached hydrogens (tertiary/aromatic N) is 1. The van der Waals surface area contributed by atoms with Crippen LogP contribution in [0, 0.1) is 18.6 Å². The number of H-pyrrole nitrogens is 1. The number of aromatic amines is 1. The van der Waals surface area contributed by atoms with Gasteiger partial charge in [-0.1, -0.05) is 23.8 Å². The molecule has 1 aromatic heterocycles. The van der Waals surface area contributed by atoms with Crippen molar-refractivity contribution in [3.8, 4) is 11.3 Å². The highest BCUT2D eigenvalue weighted by Gasteiger charge is 2.09. The van der Waals surface area contributed by atoms with Gasteiger partial charge in [0.05, 0.1) is 17.6 Å². The van der Waals surface area contributed by atoms with Crippen LogP contribution < -0.4 is 5.32 Å². The quantitative estimate of drug-likeness (QED) is 0.755. The van der Waals surface area contributed by atoms with Crippen molar-refractivity contribution in [3.63, 3.8) is 0 Å². The van der Waals surface area contributed by atoms with Crippen LogP contribution in [0.25, 0.3) is 11.3 Å². The summed E-state index contributed by atoms with van der Waals surface area (Å²) in [6.07, 6.45) is 1.70. The number of rotatable bonds is 4. The first-order valence-electron chi connectivity index (χ1n) is 6.91. The van der Waals surface area contributed by atoms with Gasteiger partial charge in [-0.25, -0.2) is 8.78 Å². The molecule has 2 N–H and O–H groups in total. The molecule has 0 bridgehead atoms. The van der Waals surface area contributed by atoms with Crippen LogP contribution in [0.2, 0.25) is 0 Å². The van der Waals surface area contributed by atoms with Gasteiger partial charge in [0.15, 0.2) is 0 Å². The Morgan fingerprint density at radius 2 is 2.00 bits per heavy atom. The Kier molecular flexibility index (Phi) is 3.87. The Balaban J connectivity index is 1.81. The molecule has 3 rings (SSSR count). The number of halogens is 2. The summed E-state index contributed by atoms with van der Waals surface area (Å²) in [6, 6.07) is 11.5. The number of aromatic nitrogens is 2. The minimum absolute atomic E-state index is 0.262. The molecular formula is C17H15F2N3. The van der Waals surface area contributed by atoms with Crippen LogP contribution in [0.4, 0.5) is 14.5 Å². The van der Waals surface area contributed by atoms with Gasteiger partial charge in [0.1, 0.15) is 11.6 Å². The standard InChI is InChI=1S/C17H15F2N3/c1-11-3-2-4-12(7-11)17-13(10-21-22-17)9-20-16-6-5-14(18)8-15(16)19/h2-8,10,20H,9H2,1H3,(H,21,22). The van der Waals surface area contributed by atoms with Gasteiger partial charge in [-0.3, -0.25) is 5.10 Å². The number of aryl methyl sites for hydroxylation is 1. The molecule has 5 heteroatoms. The lowest BCUT2D eigenvalue weighted by Crippen LogP contribution is -2.02. The molecule has 0 amide bonds. The maximum absolute atomic E-state index is 13.6. The molecule has 0 radical (unpaired) electrons. The monoisotopic (exact) mass is 299 g/mol. The molecule has 0 aliphatic carbocycles. The largest absolute Gasteiger partial charge is 0.378 e. The fourth-order valence-electron chi connectivity index (χ4n) is 2.32. The first kappa shape index (κ1) is 14.3. The molecule has 22 heavy (non-hydrogen) atoms. The topological polar surface area (TPSA) is 40.7 Å². The summed E-state index contributed by atoms with van der Waals surface area (Å²) in [6.45, 7) is 2.41. The van der Waals surface area contributed by atoms with E-state index in [9.17, 15) is 8.78 Å². The van der Waals surface area contributed by atoms with Crippen LogP contribution in [-0.4, -0.2) is 10.2 Å². The van der Waals surface area contributed by atoms with Gasteiger partial charge in [-0.2, -0.15) is 5.10 Å². The molecule has 0 fully saturated rings. The number of nitrogens with one attached hydrogen (secondary N) is 2. The van der Waals surface area contributed by atoms with Crippen LogP contribution in [-0.2, 0) is 6.54 Å². The molecule has 0 saturated carbocycles. The highest BCUT2D eigenvalue weighted by atomic mass is 19.1. The average Bonchev–Trinajstić information content (AvgIpc) is 2.95. The van der Waals surface area contributed by atoms with Crippen molar-refractivity contribution in [2.24, 2.45) is 0 Å². The lowest BCUT2D eigenvalue weighted by Gasteiger charge is -2.08. The number of anilines is 1. The van der Waals surface area contributed by atoms with Crippen molar-refractivity contribution in [1.82, 2.24) is 10.2 Å². The predicted molar refractivity (Wildman–Crippen MR) is 82.4 cm³/mol. The van der Waals surface area contributed by atoms with Crippen molar-refractivity contribution in [2.75, 3.05) is 5.32 Å². The zero-order valence-corrected chi connectivity index (χ0v) is 12.0. The van der Waals surface area contributed by atoms with Gasteiger partial charge in [-0.15, -0.1) is 0 Å². The van der Waals surface area contributed by atoms with E-state index in [1.54, 1.807) is 6.20 Å². The van der Waals surface area contributed by atoms with Gasteiger partial charge >= 0.3 is 0 Å². The Morgan fingerprint density at radius 1 is 1.14 bits per heavy atom. The molecule has 2 aromatic carbocycles. The van der Waals surface area contributed by atoms with Crippen LogP contribution in [0.3, 0.4) is 0 Å². The maximum Gasteiger partial charge on any atom is 0.149 e. The summed E-state index contributed by atoms with van der Waals surface area (Å²) < 4.78 is 26.5. The fraction of sp³-hybridized carbons (Fsp3) is 0.118. The number of hydrogen-bond donors (Lipinski definition) is 2. The Bertz CT molecular complexity index is 796. The highest BCUT2D eigenvalue weighted by Crippen LogP contribution is 2.23. The van der Waals surface area contributed by atoms with Crippen LogP contribution in [0.15, 0.2) is 48.7 Å². The molecule has 0 spiro atoms. The van der Waals surface area contributed by atoms with E-state index < -0.39 is 11.6 Å². The third kappa shape index (κ3) is 2.98. The minimum Gasteiger partial charge on any atom is -0.378 e. The SMILES string of the molecule is Cc1cccc(-c2[nH]ncc2CNc2ccc(F)cc2F)c1. The second-order valence-electron chi connectivity index (χ2n) is 5.12. The summed E-state index contributed by atoms with van der Waals surface area (Å²) in [5, 5.41) is 9.99. The first-order valence-corrected chi connectivity index (χ1v) is 6.91. The zero-order valence-electron chi connectivity index (χ0n) is 12.0. The van der Waals surface area contributed by atoms with Gasteiger partial charge in [0, 0.05) is 23.7 Å². The normalized spacial score (nSPS) is 10.7. The molecular weight excluding hydrogens is 284 g/mol. The van der Waals surface area contributed by atoms with Crippen molar-refractivity contribution in [3.05, 3.63) is 71.4 Å². The molecule has 0 aliphatic heterocycles. The van der Waals surface area contributed by atoms with E-state index in [1.807, 2.05) is 25.1 Å². The second-order valence-corrected chi connectivity index (χ2v) is 5.12. The highest BCUT2D eigenvalue weighted by molar-refractivity contribution is 5.64. The lowest BCUT2D eigenvalue weighted by molar-refractivity contribution is 0.585. The minimum atomic E-state index is -0.611. The smallest absolute Gasteiger partial charge is 0.149 e. The maximum atomic E-state index is 13.6.